The molecule has 43 heavy (non-hydrogen) atoms. The first-order valence-corrected chi connectivity index (χ1v) is 17.2. The number of hydrogen-bond donors (Lipinski definition) is 6. The number of rotatable bonds is 16. The molecule has 13 heteroatoms. The Morgan fingerprint density at radius 2 is 1.88 bits per heavy atom. The van der Waals surface area contributed by atoms with E-state index in [2.05, 4.69) is 10.6 Å². The van der Waals surface area contributed by atoms with Crippen LogP contribution < -0.4 is 10.6 Å². The number of hydrogen-bond acceptors (Lipinski definition) is 11. The molecule has 242 valence electrons. The summed E-state index contributed by atoms with van der Waals surface area (Å²) in [5.74, 6) is -1.30. The van der Waals surface area contributed by atoms with E-state index in [4.69, 9.17) is 9.47 Å². The summed E-state index contributed by atoms with van der Waals surface area (Å²) >= 11 is 0. The zero-order valence-electron chi connectivity index (χ0n) is 25.0. The average molecular weight is 643 g/mol. The van der Waals surface area contributed by atoms with Gasteiger partial charge in [0.15, 0.2) is 0 Å². The second kappa shape index (κ2) is 17.6. The van der Waals surface area contributed by atoms with Gasteiger partial charge in [-0.1, -0.05) is 59.9 Å². The van der Waals surface area contributed by atoms with Gasteiger partial charge in [0, 0.05) is 29.5 Å². The highest BCUT2D eigenvalue weighted by Gasteiger charge is 2.43. The minimum absolute atomic E-state index is 0.0374. The van der Waals surface area contributed by atoms with Crippen molar-refractivity contribution < 1.29 is 44.3 Å². The van der Waals surface area contributed by atoms with E-state index in [9.17, 15) is 34.8 Å². The summed E-state index contributed by atoms with van der Waals surface area (Å²) in [5, 5.41) is 48.9. The summed E-state index contributed by atoms with van der Waals surface area (Å²) in [6.07, 6.45) is 4.27. The van der Waals surface area contributed by atoms with E-state index in [0.717, 1.165) is 25.0 Å². The molecule has 0 saturated carbocycles. The lowest BCUT2D eigenvalue weighted by Crippen LogP contribution is -2.54. The number of amides is 2. The minimum atomic E-state index is -1.33. The fourth-order valence-corrected chi connectivity index (χ4v) is 7.61. The molecule has 6 N–H and O–H groups in total. The Bertz CT molecular complexity index is 1050. The molecule has 3 aliphatic heterocycles. The molecule has 0 aliphatic carbocycles. The van der Waals surface area contributed by atoms with E-state index >= 15 is 0 Å². The number of fused-ring (bicyclic) bond motifs is 1. The fraction of sp³-hybridized carbons (Fsp3) is 0.700. The van der Waals surface area contributed by atoms with Crippen molar-refractivity contribution in [3.63, 3.8) is 0 Å². The van der Waals surface area contributed by atoms with Crippen LogP contribution in [0, 0.1) is 11.8 Å². The summed E-state index contributed by atoms with van der Waals surface area (Å²) < 4.78 is 10.9. The molecular formula is C30H46N2O9S2. The number of unbranched alkanes of at least 4 members (excludes halogenated alkanes) is 4. The number of nitrogens with one attached hydrogen (secondary N) is 2. The van der Waals surface area contributed by atoms with Gasteiger partial charge in [-0.05, 0) is 44.6 Å². The molecule has 3 rings (SSSR count). The SMILES string of the molecule is C/C(=C\C(=O)OCCCCCCCC(=O)NC1C(=O)NC2=CSSC21)[C@H](O)[C@H]1OC[C@@H](C/C=C/[C@@H](C)[C@@H](C)O)[C@@H](O)[C@@H]1O. The predicted octanol–water partition coefficient (Wildman–Crippen LogP) is 2.10. The van der Waals surface area contributed by atoms with Crippen LogP contribution in [0.4, 0.5) is 0 Å². The monoisotopic (exact) mass is 642 g/mol. The molecule has 0 spiro atoms. The van der Waals surface area contributed by atoms with Gasteiger partial charge in [-0.3, -0.25) is 9.59 Å². The third-order valence-electron chi connectivity index (χ3n) is 8.04. The number of aliphatic hydroxyl groups excluding tert-OH is 4. The zero-order chi connectivity index (χ0) is 31.5. The first-order valence-electron chi connectivity index (χ1n) is 15.0. The van der Waals surface area contributed by atoms with E-state index < -0.39 is 42.5 Å². The van der Waals surface area contributed by atoms with Gasteiger partial charge < -0.3 is 40.5 Å². The highest BCUT2D eigenvalue weighted by molar-refractivity contribution is 8.78. The summed E-state index contributed by atoms with van der Waals surface area (Å²) in [6, 6.07) is -0.518. The summed E-state index contributed by atoms with van der Waals surface area (Å²) in [7, 11) is 3.12. The van der Waals surface area contributed by atoms with Gasteiger partial charge in [0.25, 0.3) is 0 Å². The molecule has 2 unspecified atom stereocenters. The van der Waals surface area contributed by atoms with Gasteiger partial charge in [0.2, 0.25) is 11.8 Å². The Labute approximate surface area is 261 Å². The largest absolute Gasteiger partial charge is 0.463 e. The first kappa shape index (κ1) is 35.6. The van der Waals surface area contributed by atoms with Crippen LogP contribution in [0.3, 0.4) is 0 Å². The molecule has 0 bridgehead atoms. The van der Waals surface area contributed by atoms with Crippen molar-refractivity contribution in [3.8, 4) is 0 Å². The van der Waals surface area contributed by atoms with Crippen LogP contribution >= 0.6 is 21.6 Å². The molecular weight excluding hydrogens is 596 g/mol. The van der Waals surface area contributed by atoms with Crippen molar-refractivity contribution in [1.82, 2.24) is 10.6 Å². The molecule has 11 nitrogen and oxygen atoms in total. The van der Waals surface area contributed by atoms with Crippen molar-refractivity contribution in [2.45, 2.75) is 108 Å². The minimum Gasteiger partial charge on any atom is -0.463 e. The smallest absolute Gasteiger partial charge is 0.330 e. The van der Waals surface area contributed by atoms with Crippen LogP contribution in [0.2, 0.25) is 0 Å². The number of allylic oxidation sites excluding steroid dienone is 1. The lowest BCUT2D eigenvalue weighted by Gasteiger charge is -2.39. The summed E-state index contributed by atoms with van der Waals surface area (Å²) in [5.41, 5.74) is 1.12. The van der Waals surface area contributed by atoms with E-state index in [1.165, 1.54) is 13.0 Å². The van der Waals surface area contributed by atoms with Gasteiger partial charge in [-0.2, -0.15) is 0 Å². The third-order valence-corrected chi connectivity index (χ3v) is 10.5. The average Bonchev–Trinajstić information content (AvgIpc) is 3.53. The van der Waals surface area contributed by atoms with Crippen LogP contribution in [-0.4, -0.2) is 93.2 Å². The number of ether oxygens (including phenoxy) is 2. The Balaban J connectivity index is 1.26. The molecule has 0 radical (unpaired) electrons. The molecule has 3 aliphatic rings. The molecule has 2 saturated heterocycles. The third kappa shape index (κ3) is 10.6. The number of carbonyl (C=O) groups excluding carboxylic acids is 3. The van der Waals surface area contributed by atoms with E-state index in [0.29, 0.717) is 25.7 Å². The van der Waals surface area contributed by atoms with Crippen molar-refractivity contribution >= 4 is 39.4 Å². The lowest BCUT2D eigenvalue weighted by atomic mass is 9.86. The molecule has 0 aromatic rings. The van der Waals surface area contributed by atoms with Gasteiger partial charge >= 0.3 is 5.97 Å². The van der Waals surface area contributed by atoms with Gasteiger partial charge in [0.05, 0.1) is 30.7 Å². The lowest BCUT2D eigenvalue weighted by molar-refractivity contribution is -0.187. The Morgan fingerprint density at radius 1 is 1.16 bits per heavy atom. The summed E-state index contributed by atoms with van der Waals surface area (Å²) in [4.78, 5) is 36.5. The molecule has 9 atom stereocenters. The van der Waals surface area contributed by atoms with Gasteiger partial charge in [-0.15, -0.1) is 0 Å². The van der Waals surface area contributed by atoms with E-state index in [1.54, 1.807) is 28.5 Å². The maximum atomic E-state index is 12.3. The van der Waals surface area contributed by atoms with Crippen LogP contribution in [-0.2, 0) is 23.9 Å². The quantitative estimate of drug-likeness (QED) is 0.0478. The fourth-order valence-electron chi connectivity index (χ4n) is 5.02. The highest BCUT2D eigenvalue weighted by atomic mass is 33.1. The summed E-state index contributed by atoms with van der Waals surface area (Å²) in [6.45, 7) is 5.46. The maximum absolute atomic E-state index is 12.3. The van der Waals surface area contributed by atoms with Crippen molar-refractivity contribution in [1.29, 1.82) is 0 Å². The Kier molecular flexibility index (Phi) is 14.6. The van der Waals surface area contributed by atoms with Crippen molar-refractivity contribution in [3.05, 3.63) is 34.9 Å². The predicted molar refractivity (Wildman–Crippen MR) is 165 cm³/mol. The topological polar surface area (TPSA) is 175 Å². The Hall–Kier alpha value is -1.87. The van der Waals surface area contributed by atoms with Gasteiger partial charge in [0.1, 0.15) is 24.4 Å². The number of carbonyl (C=O) groups is 3. The Morgan fingerprint density at radius 3 is 2.63 bits per heavy atom. The molecule has 0 aromatic carbocycles. The number of esters is 1. The van der Waals surface area contributed by atoms with Gasteiger partial charge in [-0.25, -0.2) is 4.79 Å². The number of aliphatic hydroxyl groups is 4. The maximum Gasteiger partial charge on any atom is 0.330 e. The molecule has 2 amide bonds. The van der Waals surface area contributed by atoms with Crippen LogP contribution in [0.15, 0.2) is 34.9 Å². The standard InChI is InChI=1S/C30H46N2O9S2/c1-17(19(3)33)10-9-11-20-15-41-28(27(38)26(20)37)25(36)18(2)14-23(35)40-13-8-6-4-5-7-12-22(34)32-24-29-21(16-42-43-29)31-30(24)39/h9-10,14,16-17,19-20,24-29,33,36-38H,4-8,11-13,15H2,1-3H3,(H,31,39)(H,32,34)/b10-9+,18-14+/t17-,19-,20-,24?,25+,26-,27+,28-,29?/m1/s1. The van der Waals surface area contributed by atoms with E-state index in [1.807, 2.05) is 24.5 Å². The molecule has 2 fully saturated rings. The first-order chi connectivity index (χ1) is 20.5. The highest BCUT2D eigenvalue weighted by Crippen LogP contribution is 2.43. The zero-order valence-corrected chi connectivity index (χ0v) is 26.6. The molecule has 3 heterocycles. The van der Waals surface area contributed by atoms with Crippen LogP contribution in [0.25, 0.3) is 0 Å². The normalized spacial score (nSPS) is 29.5. The van der Waals surface area contributed by atoms with Crippen molar-refractivity contribution in [2.75, 3.05) is 13.2 Å². The van der Waals surface area contributed by atoms with E-state index in [-0.39, 0.29) is 47.7 Å². The second-order valence-corrected chi connectivity index (χ2v) is 13.8. The molecule has 0 aromatic heterocycles. The van der Waals surface area contributed by atoms with Crippen LogP contribution in [0.1, 0.15) is 65.7 Å². The second-order valence-electron chi connectivity index (χ2n) is 11.5. The van der Waals surface area contributed by atoms with Crippen LogP contribution in [0.5, 0.6) is 0 Å². The van der Waals surface area contributed by atoms with Crippen molar-refractivity contribution in [2.24, 2.45) is 11.8 Å².